The minimum Gasteiger partial charge on any atom is -0.495 e. The normalized spacial score (nSPS) is 10.5. The molecule has 0 aliphatic carbocycles. The Labute approximate surface area is 147 Å². The molecule has 8 nitrogen and oxygen atoms in total. The molecule has 0 fully saturated rings. The van der Waals surface area contributed by atoms with Gasteiger partial charge in [0, 0.05) is 31.1 Å². The van der Waals surface area contributed by atoms with Crippen molar-refractivity contribution in [3.63, 3.8) is 0 Å². The quantitative estimate of drug-likeness (QED) is 0.574. The van der Waals surface area contributed by atoms with Gasteiger partial charge in [-0.1, -0.05) is 12.1 Å². The van der Waals surface area contributed by atoms with Crippen LogP contribution in [0.15, 0.2) is 53.5 Å². The summed E-state index contributed by atoms with van der Waals surface area (Å²) in [6.45, 7) is 0. The zero-order valence-corrected chi connectivity index (χ0v) is 14.1. The van der Waals surface area contributed by atoms with Gasteiger partial charge in [-0.3, -0.25) is 19.7 Å². The summed E-state index contributed by atoms with van der Waals surface area (Å²) in [5.74, 6) is -0.122. The molecule has 26 heavy (non-hydrogen) atoms. The zero-order valence-electron chi connectivity index (χ0n) is 14.1. The molecular formula is C18H15N3O5. The molecule has 0 spiro atoms. The number of rotatable bonds is 4. The lowest BCUT2D eigenvalue weighted by molar-refractivity contribution is -0.384. The number of ether oxygens (including phenoxy) is 1. The third-order valence-electron chi connectivity index (χ3n) is 3.94. The first-order chi connectivity index (χ1) is 12.4. The highest BCUT2D eigenvalue weighted by atomic mass is 16.6. The highest BCUT2D eigenvalue weighted by Gasteiger charge is 2.17. The summed E-state index contributed by atoms with van der Waals surface area (Å²) in [4.78, 5) is 35.5. The standard InChI is InChI=1S/C18H15N3O5/c1-20-10-14(17(22)13-7-4-8-15(26-2)16(13)20)18(23)19-11-5-3-6-12(9-11)21(24)25/h3-10H,1-2H3,(H,19,23). The lowest BCUT2D eigenvalue weighted by atomic mass is 10.1. The number of nitrogens with zero attached hydrogens (tertiary/aromatic N) is 2. The number of non-ortho nitro benzene ring substituents is 1. The van der Waals surface area contributed by atoms with Crippen molar-refractivity contribution in [2.45, 2.75) is 0 Å². The second-order valence-corrected chi connectivity index (χ2v) is 5.60. The van der Waals surface area contributed by atoms with Crippen molar-refractivity contribution in [2.75, 3.05) is 12.4 Å². The monoisotopic (exact) mass is 353 g/mol. The fourth-order valence-corrected chi connectivity index (χ4v) is 2.75. The number of nitro benzene ring substituents is 1. The number of para-hydroxylation sites is 1. The fraction of sp³-hybridized carbons (Fsp3) is 0.111. The molecular weight excluding hydrogens is 338 g/mol. The number of nitrogens with one attached hydrogen (secondary N) is 1. The molecule has 0 bridgehead atoms. The Morgan fingerprint density at radius 2 is 1.96 bits per heavy atom. The van der Waals surface area contributed by atoms with E-state index in [1.165, 1.54) is 37.6 Å². The summed E-state index contributed by atoms with van der Waals surface area (Å²) in [5, 5.41) is 13.7. The maximum atomic E-state index is 12.7. The van der Waals surface area contributed by atoms with Crippen LogP contribution in [0.25, 0.3) is 10.9 Å². The van der Waals surface area contributed by atoms with Gasteiger partial charge >= 0.3 is 0 Å². The maximum Gasteiger partial charge on any atom is 0.271 e. The SMILES string of the molecule is COc1cccc2c(=O)c(C(=O)Nc3cccc([N+](=O)[O-])c3)cn(C)c12. The molecule has 0 saturated heterocycles. The van der Waals surface area contributed by atoms with Crippen LogP contribution in [-0.2, 0) is 7.05 Å². The van der Waals surface area contributed by atoms with Gasteiger partial charge in [-0.15, -0.1) is 0 Å². The molecule has 3 aromatic rings. The second kappa shape index (κ2) is 6.67. The van der Waals surface area contributed by atoms with E-state index in [9.17, 15) is 19.7 Å². The smallest absolute Gasteiger partial charge is 0.271 e. The zero-order chi connectivity index (χ0) is 18.8. The Hall–Kier alpha value is -3.68. The van der Waals surface area contributed by atoms with Gasteiger partial charge in [-0.2, -0.15) is 0 Å². The number of aryl methyl sites for hydroxylation is 1. The number of fused-ring (bicyclic) bond motifs is 1. The van der Waals surface area contributed by atoms with Gasteiger partial charge in [0.15, 0.2) is 0 Å². The molecule has 0 aliphatic rings. The van der Waals surface area contributed by atoms with E-state index in [4.69, 9.17) is 4.74 Å². The number of benzene rings is 2. The van der Waals surface area contributed by atoms with Crippen molar-refractivity contribution in [1.82, 2.24) is 4.57 Å². The average Bonchev–Trinajstić information content (AvgIpc) is 2.64. The van der Waals surface area contributed by atoms with E-state index < -0.39 is 16.3 Å². The van der Waals surface area contributed by atoms with Crippen molar-refractivity contribution < 1.29 is 14.5 Å². The summed E-state index contributed by atoms with van der Waals surface area (Å²) in [7, 11) is 3.20. The van der Waals surface area contributed by atoms with Gasteiger partial charge < -0.3 is 14.6 Å². The van der Waals surface area contributed by atoms with E-state index in [0.717, 1.165) is 0 Å². The van der Waals surface area contributed by atoms with Crippen molar-refractivity contribution in [2.24, 2.45) is 7.05 Å². The van der Waals surface area contributed by atoms with Crippen molar-refractivity contribution in [3.05, 3.63) is 74.6 Å². The molecule has 1 aromatic heterocycles. The largest absolute Gasteiger partial charge is 0.495 e. The minimum absolute atomic E-state index is 0.0697. The lowest BCUT2D eigenvalue weighted by Gasteiger charge is -2.12. The van der Waals surface area contributed by atoms with Crippen molar-refractivity contribution >= 4 is 28.2 Å². The summed E-state index contributed by atoms with van der Waals surface area (Å²) < 4.78 is 6.91. The Morgan fingerprint density at radius 3 is 2.65 bits per heavy atom. The van der Waals surface area contributed by atoms with Gasteiger partial charge in [-0.05, 0) is 18.2 Å². The van der Waals surface area contributed by atoms with Crippen LogP contribution < -0.4 is 15.5 Å². The van der Waals surface area contributed by atoms with Crippen LogP contribution in [-0.4, -0.2) is 22.5 Å². The number of carbonyl (C=O) groups is 1. The van der Waals surface area contributed by atoms with Gasteiger partial charge in [-0.25, -0.2) is 0 Å². The molecule has 3 rings (SSSR count). The molecule has 1 amide bonds. The van der Waals surface area contributed by atoms with Crippen LogP contribution in [0, 0.1) is 10.1 Å². The van der Waals surface area contributed by atoms with Crippen molar-refractivity contribution in [3.8, 4) is 5.75 Å². The van der Waals surface area contributed by atoms with E-state index in [-0.39, 0.29) is 16.9 Å². The molecule has 1 N–H and O–H groups in total. The van der Waals surface area contributed by atoms with Gasteiger partial charge in [0.05, 0.1) is 22.9 Å². The van der Waals surface area contributed by atoms with Crippen LogP contribution in [0.1, 0.15) is 10.4 Å². The van der Waals surface area contributed by atoms with Crippen LogP contribution in [0.4, 0.5) is 11.4 Å². The van der Waals surface area contributed by atoms with Crippen LogP contribution >= 0.6 is 0 Å². The molecule has 0 unspecified atom stereocenters. The molecule has 132 valence electrons. The number of methoxy groups -OCH3 is 1. The van der Waals surface area contributed by atoms with E-state index in [0.29, 0.717) is 16.7 Å². The molecule has 0 radical (unpaired) electrons. The van der Waals surface area contributed by atoms with Crippen LogP contribution in [0.2, 0.25) is 0 Å². The number of anilines is 1. The first-order valence-corrected chi connectivity index (χ1v) is 7.64. The number of aromatic nitrogens is 1. The highest BCUT2D eigenvalue weighted by molar-refractivity contribution is 6.06. The predicted octanol–water partition coefficient (Wildman–Crippen LogP) is 2.71. The highest BCUT2D eigenvalue weighted by Crippen LogP contribution is 2.23. The fourth-order valence-electron chi connectivity index (χ4n) is 2.75. The summed E-state index contributed by atoms with van der Waals surface area (Å²) in [6, 6.07) is 10.5. The van der Waals surface area contributed by atoms with Gasteiger partial charge in [0.25, 0.3) is 11.6 Å². The molecule has 0 saturated carbocycles. The van der Waals surface area contributed by atoms with E-state index >= 15 is 0 Å². The first kappa shape index (κ1) is 17.2. The molecule has 0 atom stereocenters. The molecule has 8 heteroatoms. The third kappa shape index (κ3) is 3.00. The Bertz CT molecular complexity index is 1090. The van der Waals surface area contributed by atoms with Crippen molar-refractivity contribution in [1.29, 1.82) is 0 Å². The van der Waals surface area contributed by atoms with E-state index in [2.05, 4.69) is 5.32 Å². The number of amides is 1. The lowest BCUT2D eigenvalue weighted by Crippen LogP contribution is -2.23. The van der Waals surface area contributed by atoms with Crippen LogP contribution in [0.5, 0.6) is 5.75 Å². The Balaban J connectivity index is 2.04. The summed E-state index contributed by atoms with van der Waals surface area (Å²) in [5.41, 5.74) is 0.141. The number of pyridine rings is 1. The molecule has 2 aromatic carbocycles. The summed E-state index contributed by atoms with van der Waals surface area (Å²) >= 11 is 0. The predicted molar refractivity (Wildman–Crippen MR) is 96.8 cm³/mol. The summed E-state index contributed by atoms with van der Waals surface area (Å²) in [6.07, 6.45) is 1.42. The van der Waals surface area contributed by atoms with E-state index in [1.807, 2.05) is 0 Å². The minimum atomic E-state index is -0.643. The third-order valence-corrected chi connectivity index (χ3v) is 3.94. The van der Waals surface area contributed by atoms with E-state index in [1.54, 1.807) is 29.8 Å². The van der Waals surface area contributed by atoms with Crippen LogP contribution in [0.3, 0.4) is 0 Å². The van der Waals surface area contributed by atoms with Gasteiger partial charge in [0.2, 0.25) is 5.43 Å². The topological polar surface area (TPSA) is 103 Å². The molecule has 0 aliphatic heterocycles. The number of carbonyl (C=O) groups excluding carboxylic acids is 1. The maximum absolute atomic E-state index is 12.7. The van der Waals surface area contributed by atoms with Gasteiger partial charge in [0.1, 0.15) is 11.3 Å². The first-order valence-electron chi connectivity index (χ1n) is 7.64. The number of nitro groups is 1. The number of hydrogen-bond donors (Lipinski definition) is 1. The molecule has 1 heterocycles. The Kier molecular flexibility index (Phi) is 4.40. The average molecular weight is 353 g/mol. The second-order valence-electron chi connectivity index (χ2n) is 5.60. The number of hydrogen-bond acceptors (Lipinski definition) is 5. The Morgan fingerprint density at radius 1 is 1.23 bits per heavy atom.